The minimum atomic E-state index is 1.06. The van der Waals surface area contributed by atoms with Gasteiger partial charge >= 0.3 is 0 Å². The first-order valence-corrected chi connectivity index (χ1v) is 23.7. The molecule has 0 spiro atoms. The lowest BCUT2D eigenvalue weighted by molar-refractivity contribution is 0.998. The molecule has 1 aromatic heterocycles. The fraction of sp³-hybridized carbons (Fsp3) is 0.0303. The summed E-state index contributed by atoms with van der Waals surface area (Å²) >= 11 is 0. The Morgan fingerprint density at radius 3 is 1.72 bits per heavy atom. The predicted molar refractivity (Wildman–Crippen MR) is 290 cm³/mol. The summed E-state index contributed by atoms with van der Waals surface area (Å²) in [5.41, 5.74) is 19.1. The van der Waals surface area contributed by atoms with Crippen LogP contribution in [0.15, 0.2) is 249 Å². The zero-order chi connectivity index (χ0) is 45.0. The molecule has 12 aromatic rings. The van der Waals surface area contributed by atoms with Crippen LogP contribution in [0.5, 0.6) is 0 Å². The number of nitrogens with zero attached hydrogens (tertiary/aromatic N) is 2. The Labute approximate surface area is 397 Å². The molecule has 0 saturated heterocycles. The van der Waals surface area contributed by atoms with E-state index in [1.54, 1.807) is 0 Å². The Kier molecular flexibility index (Phi) is 9.68. The molecule has 1 heterocycles. The number of para-hydroxylation sites is 1. The van der Waals surface area contributed by atoms with Crippen LogP contribution < -0.4 is 4.90 Å². The van der Waals surface area contributed by atoms with Crippen LogP contribution in [0.4, 0.5) is 17.1 Å². The summed E-state index contributed by atoms with van der Waals surface area (Å²) in [5.74, 6) is 0. The van der Waals surface area contributed by atoms with E-state index in [9.17, 15) is 0 Å². The number of fused-ring (bicyclic) bond motifs is 8. The van der Waals surface area contributed by atoms with Gasteiger partial charge in [-0.3, -0.25) is 0 Å². The molecule has 0 bridgehead atoms. The van der Waals surface area contributed by atoms with Crippen LogP contribution in [-0.2, 0) is 6.42 Å². The van der Waals surface area contributed by atoms with Crippen LogP contribution >= 0.6 is 0 Å². The second-order valence-electron chi connectivity index (χ2n) is 18.0. The van der Waals surface area contributed by atoms with E-state index in [2.05, 4.69) is 264 Å². The molecule has 0 N–H and O–H groups in total. The maximum Gasteiger partial charge on any atom is 0.0547 e. The van der Waals surface area contributed by atoms with E-state index >= 15 is 0 Å². The Hall–Kier alpha value is -8.72. The third-order valence-corrected chi connectivity index (χ3v) is 14.0. The standard InChI is InChI=1S/C66H46N2/c1-4-18-45(19-5-1)51-40-52(46-20-6-2-7-21-46)43-56(42-51)67(54-37-34-48(35-38-54)62-44-50-23-11-12-28-57(50)60-30-14-15-31-61(60)62)55-27-16-24-49(41-55)59-32-17-33-63-66(59)65-58-29-13-10-22-47(58)36-39-64(65)68(63)53-25-8-3-9-26-53/h1-13,15-29,31-44H,14,30H2. The molecule has 2 heteroatoms. The monoisotopic (exact) mass is 866 g/mol. The van der Waals surface area contributed by atoms with Gasteiger partial charge in [0.25, 0.3) is 0 Å². The minimum absolute atomic E-state index is 1.06. The van der Waals surface area contributed by atoms with Crippen molar-refractivity contribution in [2.24, 2.45) is 0 Å². The molecule has 1 aliphatic carbocycles. The van der Waals surface area contributed by atoms with Gasteiger partial charge in [-0.1, -0.05) is 182 Å². The summed E-state index contributed by atoms with van der Waals surface area (Å²) in [6.07, 6.45) is 6.80. The Morgan fingerprint density at radius 1 is 0.353 bits per heavy atom. The summed E-state index contributed by atoms with van der Waals surface area (Å²) in [4.78, 5) is 2.45. The van der Waals surface area contributed by atoms with E-state index < -0.39 is 0 Å². The van der Waals surface area contributed by atoms with E-state index in [-0.39, 0.29) is 0 Å². The molecular weight excluding hydrogens is 821 g/mol. The molecule has 0 saturated carbocycles. The molecule has 2 nitrogen and oxygen atoms in total. The number of anilines is 3. The average molecular weight is 867 g/mol. The Bertz CT molecular complexity index is 3820. The van der Waals surface area contributed by atoms with E-state index in [1.807, 2.05) is 0 Å². The van der Waals surface area contributed by atoms with Crippen molar-refractivity contribution < 1.29 is 0 Å². The molecule has 0 unspecified atom stereocenters. The fourth-order valence-corrected chi connectivity index (χ4v) is 10.9. The maximum atomic E-state index is 2.45. The first-order valence-electron chi connectivity index (χ1n) is 23.7. The van der Waals surface area contributed by atoms with Gasteiger partial charge < -0.3 is 9.47 Å². The normalized spacial score (nSPS) is 12.2. The van der Waals surface area contributed by atoms with Crippen LogP contribution in [0.25, 0.3) is 99.6 Å². The number of hydrogen-bond acceptors (Lipinski definition) is 1. The van der Waals surface area contributed by atoms with Gasteiger partial charge in [0.15, 0.2) is 0 Å². The van der Waals surface area contributed by atoms with Crippen molar-refractivity contribution in [3.63, 3.8) is 0 Å². The lowest BCUT2D eigenvalue weighted by Crippen LogP contribution is -2.10. The third-order valence-electron chi connectivity index (χ3n) is 14.0. The van der Waals surface area contributed by atoms with Crippen molar-refractivity contribution in [2.75, 3.05) is 4.90 Å². The van der Waals surface area contributed by atoms with Crippen LogP contribution in [0.2, 0.25) is 0 Å². The third kappa shape index (κ3) is 6.81. The summed E-state index contributed by atoms with van der Waals surface area (Å²) < 4.78 is 2.43. The zero-order valence-corrected chi connectivity index (χ0v) is 37.6. The summed E-state index contributed by atoms with van der Waals surface area (Å²) in [5, 5.41) is 7.66. The molecule has 0 radical (unpaired) electrons. The summed E-state index contributed by atoms with van der Waals surface area (Å²) in [6.45, 7) is 0. The summed E-state index contributed by atoms with van der Waals surface area (Å²) in [7, 11) is 0. The predicted octanol–water partition coefficient (Wildman–Crippen LogP) is 18.2. The molecule has 0 fully saturated rings. The number of aryl methyl sites for hydroxylation is 1. The van der Waals surface area contributed by atoms with E-state index in [0.29, 0.717) is 0 Å². The number of benzene rings is 11. The first kappa shape index (κ1) is 39.6. The van der Waals surface area contributed by atoms with E-state index in [1.165, 1.54) is 93.4 Å². The topological polar surface area (TPSA) is 8.17 Å². The van der Waals surface area contributed by atoms with Crippen LogP contribution in [0.1, 0.15) is 17.5 Å². The highest BCUT2D eigenvalue weighted by Gasteiger charge is 2.22. The van der Waals surface area contributed by atoms with Crippen molar-refractivity contribution in [1.29, 1.82) is 0 Å². The van der Waals surface area contributed by atoms with Gasteiger partial charge in [0, 0.05) is 33.5 Å². The number of rotatable bonds is 8. The van der Waals surface area contributed by atoms with Gasteiger partial charge in [-0.05, 0) is 163 Å². The van der Waals surface area contributed by atoms with Crippen LogP contribution in [0, 0.1) is 0 Å². The molecule has 11 aromatic carbocycles. The molecule has 0 amide bonds. The molecule has 320 valence electrons. The van der Waals surface area contributed by atoms with Gasteiger partial charge in [0.1, 0.15) is 0 Å². The maximum absolute atomic E-state index is 2.45. The lowest BCUT2D eigenvalue weighted by atomic mass is 9.86. The molecule has 0 aliphatic heterocycles. The van der Waals surface area contributed by atoms with Gasteiger partial charge in [0.2, 0.25) is 0 Å². The number of allylic oxidation sites excluding steroid dienone is 1. The fourth-order valence-electron chi connectivity index (χ4n) is 10.9. The van der Waals surface area contributed by atoms with Gasteiger partial charge in [-0.2, -0.15) is 0 Å². The van der Waals surface area contributed by atoms with Crippen LogP contribution in [-0.4, -0.2) is 4.57 Å². The zero-order valence-electron chi connectivity index (χ0n) is 37.6. The highest BCUT2D eigenvalue weighted by atomic mass is 15.1. The molecule has 68 heavy (non-hydrogen) atoms. The Balaban J connectivity index is 1.03. The quantitative estimate of drug-likeness (QED) is 0.148. The van der Waals surface area contributed by atoms with Crippen molar-refractivity contribution >= 4 is 66.5 Å². The van der Waals surface area contributed by atoms with Crippen molar-refractivity contribution in [3.8, 4) is 50.2 Å². The first-order chi connectivity index (χ1) is 33.7. The highest BCUT2D eigenvalue weighted by Crippen LogP contribution is 2.46. The number of aromatic nitrogens is 1. The second-order valence-corrected chi connectivity index (χ2v) is 18.0. The SMILES string of the molecule is C1=Cc2c(-c3ccc(N(c4cc(-c5ccccc5)cc(-c5ccccc5)c4)c4cccc(-c5cccc6c5c5c7ccccc7ccc5n6-c5ccccc5)c4)cc3)cc3ccccc3c2CC1. The smallest absolute Gasteiger partial charge is 0.0547 e. The molecular formula is C66H46N2. The van der Waals surface area contributed by atoms with E-state index in [4.69, 9.17) is 0 Å². The Morgan fingerprint density at radius 2 is 0.971 bits per heavy atom. The largest absolute Gasteiger partial charge is 0.310 e. The summed E-state index contributed by atoms with van der Waals surface area (Å²) in [6, 6.07) is 89.2. The minimum Gasteiger partial charge on any atom is -0.310 e. The van der Waals surface area contributed by atoms with E-state index in [0.717, 1.165) is 41.2 Å². The van der Waals surface area contributed by atoms with Crippen molar-refractivity contribution in [2.45, 2.75) is 12.8 Å². The molecule has 13 rings (SSSR count). The second kappa shape index (κ2) is 16.6. The number of hydrogen-bond donors (Lipinski definition) is 0. The van der Waals surface area contributed by atoms with Gasteiger partial charge in [-0.15, -0.1) is 0 Å². The van der Waals surface area contributed by atoms with Gasteiger partial charge in [-0.25, -0.2) is 0 Å². The lowest BCUT2D eigenvalue weighted by Gasteiger charge is -2.28. The van der Waals surface area contributed by atoms with Gasteiger partial charge in [0.05, 0.1) is 11.0 Å². The highest BCUT2D eigenvalue weighted by molar-refractivity contribution is 6.25. The van der Waals surface area contributed by atoms with Crippen LogP contribution in [0.3, 0.4) is 0 Å². The van der Waals surface area contributed by atoms with Crippen molar-refractivity contribution in [3.05, 3.63) is 260 Å². The average Bonchev–Trinajstić information content (AvgIpc) is 3.77. The molecule has 0 atom stereocenters. The van der Waals surface area contributed by atoms with Crippen molar-refractivity contribution in [1.82, 2.24) is 4.57 Å². The molecule has 1 aliphatic rings.